The molecule has 0 aliphatic heterocycles. The molecule has 2 amide bonds. The quantitative estimate of drug-likeness (QED) is 0.722. The molecule has 5 heteroatoms. The lowest BCUT2D eigenvalue weighted by atomic mass is 10.3. The van der Waals surface area contributed by atoms with Crippen molar-refractivity contribution in [1.29, 1.82) is 0 Å². The van der Waals surface area contributed by atoms with Crippen LogP contribution in [-0.2, 0) is 15.5 Å². The van der Waals surface area contributed by atoms with E-state index in [1.54, 1.807) is 12.1 Å². The van der Waals surface area contributed by atoms with Crippen molar-refractivity contribution in [3.05, 3.63) is 23.9 Å². The number of carbonyl (C=O) groups excluding carboxylic acids is 2. The topological polar surface area (TPSA) is 50.3 Å². The molecule has 0 fully saturated rings. The highest BCUT2D eigenvalue weighted by molar-refractivity contribution is 6.17. The molecule has 80 valence electrons. The van der Waals surface area contributed by atoms with Crippen LogP contribution in [-0.4, -0.2) is 16.8 Å². The number of rotatable bonds is 2. The van der Waals surface area contributed by atoms with Gasteiger partial charge >= 0.3 is 0 Å². The summed E-state index contributed by atoms with van der Waals surface area (Å²) in [6.45, 7) is 2.63. The van der Waals surface area contributed by atoms with Gasteiger partial charge in [0, 0.05) is 25.9 Å². The first-order valence-electron chi connectivity index (χ1n) is 4.38. The van der Waals surface area contributed by atoms with Gasteiger partial charge in [-0.2, -0.15) is 0 Å². The molecule has 4 nitrogen and oxygen atoms in total. The Bertz CT molecular complexity index is 379. The number of hydrogen-bond donors (Lipinski definition) is 0. The zero-order valence-corrected chi connectivity index (χ0v) is 9.28. The van der Waals surface area contributed by atoms with E-state index in [2.05, 4.69) is 4.98 Å². The number of aromatic nitrogens is 1. The fraction of sp³-hybridized carbons (Fsp3) is 0.300. The lowest BCUT2D eigenvalue weighted by molar-refractivity contribution is -0.124. The highest BCUT2D eigenvalue weighted by atomic mass is 35.5. The Morgan fingerprint density at radius 1 is 1.40 bits per heavy atom. The third-order valence-corrected chi connectivity index (χ3v) is 2.13. The maximum absolute atomic E-state index is 11.2. The number of anilines is 1. The van der Waals surface area contributed by atoms with E-state index in [9.17, 15) is 9.59 Å². The van der Waals surface area contributed by atoms with E-state index >= 15 is 0 Å². The smallest absolute Gasteiger partial charge is 0.231 e. The van der Waals surface area contributed by atoms with E-state index in [-0.39, 0.29) is 11.8 Å². The number of carbonyl (C=O) groups is 2. The molecule has 0 saturated carbocycles. The number of nitrogens with zero attached hydrogens (tertiary/aromatic N) is 2. The Morgan fingerprint density at radius 3 is 2.47 bits per heavy atom. The first kappa shape index (κ1) is 11.7. The second-order valence-corrected chi connectivity index (χ2v) is 3.30. The van der Waals surface area contributed by atoms with Gasteiger partial charge in [-0.15, -0.1) is 11.6 Å². The summed E-state index contributed by atoms with van der Waals surface area (Å²) in [5, 5.41) is 0. The van der Waals surface area contributed by atoms with Crippen molar-refractivity contribution in [2.24, 2.45) is 0 Å². The number of pyridine rings is 1. The molecule has 1 aromatic heterocycles. The fourth-order valence-electron chi connectivity index (χ4n) is 1.21. The minimum Gasteiger partial charge on any atom is -0.274 e. The van der Waals surface area contributed by atoms with E-state index < -0.39 is 0 Å². The molecule has 0 spiro atoms. The van der Waals surface area contributed by atoms with Crippen molar-refractivity contribution >= 4 is 29.2 Å². The predicted molar refractivity (Wildman–Crippen MR) is 57.6 cm³/mol. The monoisotopic (exact) mass is 226 g/mol. The molecule has 0 unspecified atom stereocenters. The number of hydrogen-bond acceptors (Lipinski definition) is 3. The van der Waals surface area contributed by atoms with Gasteiger partial charge in [0.25, 0.3) is 0 Å². The van der Waals surface area contributed by atoms with Gasteiger partial charge in [-0.25, -0.2) is 9.88 Å². The van der Waals surface area contributed by atoms with Crippen LogP contribution in [0.2, 0.25) is 0 Å². The maximum atomic E-state index is 11.2. The summed E-state index contributed by atoms with van der Waals surface area (Å²) >= 11 is 5.65. The predicted octanol–water partition coefficient (Wildman–Crippen LogP) is 1.72. The summed E-state index contributed by atoms with van der Waals surface area (Å²) in [4.78, 5) is 27.4. The number of imide groups is 1. The van der Waals surface area contributed by atoms with Gasteiger partial charge in [0.2, 0.25) is 11.8 Å². The normalized spacial score (nSPS) is 9.80. The van der Waals surface area contributed by atoms with Gasteiger partial charge < -0.3 is 0 Å². The van der Waals surface area contributed by atoms with Crippen LogP contribution in [0.15, 0.2) is 18.3 Å². The summed E-state index contributed by atoms with van der Waals surface area (Å²) in [5.74, 6) is -0.0873. The van der Waals surface area contributed by atoms with Gasteiger partial charge in [0.05, 0.1) is 0 Å². The van der Waals surface area contributed by atoms with Crippen molar-refractivity contribution in [3.8, 4) is 0 Å². The van der Waals surface area contributed by atoms with Crippen LogP contribution in [0.25, 0.3) is 0 Å². The van der Waals surface area contributed by atoms with Crippen molar-refractivity contribution in [1.82, 2.24) is 4.98 Å². The first-order valence-corrected chi connectivity index (χ1v) is 4.92. The summed E-state index contributed by atoms with van der Waals surface area (Å²) in [5.41, 5.74) is 0.814. The third kappa shape index (κ3) is 2.76. The van der Waals surface area contributed by atoms with E-state index in [0.29, 0.717) is 11.7 Å². The molecule has 0 bridgehead atoms. The molecule has 15 heavy (non-hydrogen) atoms. The molecule has 1 rings (SSSR count). The summed E-state index contributed by atoms with van der Waals surface area (Å²) < 4.78 is 0. The van der Waals surface area contributed by atoms with Gasteiger partial charge in [0.15, 0.2) is 0 Å². The molecule has 0 N–H and O–H groups in total. The fourth-order valence-corrected chi connectivity index (χ4v) is 1.38. The van der Waals surface area contributed by atoms with E-state index in [0.717, 1.165) is 10.5 Å². The Hall–Kier alpha value is -1.42. The van der Waals surface area contributed by atoms with Gasteiger partial charge in [0.1, 0.15) is 5.82 Å². The second kappa shape index (κ2) is 4.89. The molecular weight excluding hydrogens is 216 g/mol. The molecule has 0 aliphatic carbocycles. The summed E-state index contributed by atoms with van der Waals surface area (Å²) in [7, 11) is 0. The van der Waals surface area contributed by atoms with Crippen molar-refractivity contribution in [2.45, 2.75) is 19.7 Å². The zero-order chi connectivity index (χ0) is 11.4. The molecule has 0 aromatic carbocycles. The van der Waals surface area contributed by atoms with E-state index in [4.69, 9.17) is 11.6 Å². The Labute approximate surface area is 92.9 Å². The highest BCUT2D eigenvalue weighted by Gasteiger charge is 2.17. The first-order chi connectivity index (χ1) is 7.06. The van der Waals surface area contributed by atoms with E-state index in [1.807, 2.05) is 0 Å². The lowest BCUT2D eigenvalue weighted by Gasteiger charge is -2.16. The van der Waals surface area contributed by atoms with Crippen molar-refractivity contribution in [3.63, 3.8) is 0 Å². The van der Waals surface area contributed by atoms with Crippen LogP contribution in [0.5, 0.6) is 0 Å². The van der Waals surface area contributed by atoms with Crippen LogP contribution in [0.3, 0.4) is 0 Å². The molecule has 0 saturated heterocycles. The van der Waals surface area contributed by atoms with E-state index in [1.165, 1.54) is 20.0 Å². The van der Waals surface area contributed by atoms with Crippen molar-refractivity contribution in [2.75, 3.05) is 4.90 Å². The molecule has 1 aromatic rings. The standard InChI is InChI=1S/C10H11ClN2O2/c1-7(14)13(8(2)15)10-5-9(6-11)3-4-12-10/h3-5H,6H2,1-2H3. The number of halogens is 1. The SMILES string of the molecule is CC(=O)N(C(C)=O)c1cc(CCl)ccn1. The highest BCUT2D eigenvalue weighted by Crippen LogP contribution is 2.14. The summed E-state index contributed by atoms with van der Waals surface area (Å²) in [6.07, 6.45) is 1.52. The van der Waals surface area contributed by atoms with Crippen molar-refractivity contribution < 1.29 is 9.59 Å². The third-order valence-electron chi connectivity index (χ3n) is 1.82. The molecular formula is C10H11ClN2O2. The van der Waals surface area contributed by atoms with Gasteiger partial charge in [-0.05, 0) is 17.7 Å². The van der Waals surface area contributed by atoms with Gasteiger partial charge in [-0.3, -0.25) is 9.59 Å². The van der Waals surface area contributed by atoms with Crippen LogP contribution in [0.1, 0.15) is 19.4 Å². The summed E-state index contributed by atoms with van der Waals surface area (Å²) in [6, 6.07) is 3.35. The zero-order valence-electron chi connectivity index (χ0n) is 8.53. The Morgan fingerprint density at radius 2 is 2.00 bits per heavy atom. The number of alkyl halides is 1. The Kier molecular flexibility index (Phi) is 3.80. The Balaban J connectivity index is 3.11. The minimum atomic E-state index is -0.360. The molecule has 1 heterocycles. The van der Waals surface area contributed by atoms with Crippen LogP contribution in [0.4, 0.5) is 5.82 Å². The number of amides is 2. The largest absolute Gasteiger partial charge is 0.274 e. The lowest BCUT2D eigenvalue weighted by Crippen LogP contribution is -2.33. The van der Waals surface area contributed by atoms with Crippen LogP contribution < -0.4 is 4.90 Å². The van der Waals surface area contributed by atoms with Crippen LogP contribution >= 0.6 is 11.6 Å². The average Bonchev–Trinajstić information content (AvgIpc) is 2.17. The second-order valence-electron chi connectivity index (χ2n) is 3.03. The molecule has 0 aliphatic rings. The van der Waals surface area contributed by atoms with Gasteiger partial charge in [-0.1, -0.05) is 0 Å². The molecule has 0 radical (unpaired) electrons. The maximum Gasteiger partial charge on any atom is 0.231 e. The van der Waals surface area contributed by atoms with Crippen LogP contribution in [0, 0.1) is 0 Å². The minimum absolute atomic E-state index is 0.313. The average molecular weight is 227 g/mol. The molecule has 0 atom stereocenters.